The molecular weight excluding hydrogens is 320 g/mol. The Morgan fingerprint density at radius 3 is 2.40 bits per heavy atom. The number of carboxylic acid groups (broad SMARTS) is 1. The van der Waals surface area contributed by atoms with Crippen molar-refractivity contribution in [2.45, 2.75) is 20.5 Å². The number of hydrogen-bond acceptors (Lipinski definition) is 2. The highest BCUT2D eigenvalue weighted by Crippen LogP contribution is 2.28. The molecule has 0 amide bonds. The Labute approximate surface area is 126 Å². The summed E-state index contributed by atoms with van der Waals surface area (Å²) >= 11 is 3.44. The third-order valence-corrected chi connectivity index (χ3v) is 3.50. The van der Waals surface area contributed by atoms with Crippen molar-refractivity contribution >= 4 is 21.9 Å². The Morgan fingerprint density at radius 2 is 1.80 bits per heavy atom. The quantitative estimate of drug-likeness (QED) is 0.904. The van der Waals surface area contributed by atoms with Crippen molar-refractivity contribution in [3.05, 3.63) is 63.1 Å². The summed E-state index contributed by atoms with van der Waals surface area (Å²) in [6.45, 7) is 4.18. The van der Waals surface area contributed by atoms with E-state index in [9.17, 15) is 4.79 Å². The maximum Gasteiger partial charge on any atom is 0.336 e. The highest BCUT2D eigenvalue weighted by atomic mass is 79.9. The lowest BCUT2D eigenvalue weighted by Gasteiger charge is -2.13. The summed E-state index contributed by atoms with van der Waals surface area (Å²) in [5, 5.41) is 9.15. The maximum atomic E-state index is 11.1. The molecule has 0 saturated carbocycles. The number of aryl methyl sites for hydroxylation is 2. The predicted molar refractivity (Wildman–Crippen MR) is 81.3 cm³/mol. The van der Waals surface area contributed by atoms with Crippen LogP contribution in [0.1, 0.15) is 27.0 Å². The molecule has 2 aromatic carbocycles. The van der Waals surface area contributed by atoms with Crippen molar-refractivity contribution in [1.29, 1.82) is 0 Å². The molecule has 0 unspecified atom stereocenters. The van der Waals surface area contributed by atoms with Crippen LogP contribution in [-0.4, -0.2) is 11.1 Å². The summed E-state index contributed by atoms with van der Waals surface area (Å²) in [6.07, 6.45) is 0. The minimum Gasteiger partial charge on any atom is -0.488 e. The molecule has 0 saturated heterocycles. The van der Waals surface area contributed by atoms with E-state index in [4.69, 9.17) is 9.84 Å². The zero-order chi connectivity index (χ0) is 14.7. The summed E-state index contributed by atoms with van der Waals surface area (Å²) in [5.41, 5.74) is 2.98. The second-order valence-corrected chi connectivity index (χ2v) is 5.54. The minimum absolute atomic E-state index is 0.242. The zero-order valence-electron chi connectivity index (χ0n) is 11.3. The second kappa shape index (κ2) is 6.09. The van der Waals surface area contributed by atoms with Gasteiger partial charge in [0.1, 0.15) is 12.4 Å². The molecule has 2 aromatic rings. The predicted octanol–water partition coefficient (Wildman–Crippen LogP) is 4.34. The van der Waals surface area contributed by atoms with Gasteiger partial charge in [0.05, 0.1) is 5.56 Å². The van der Waals surface area contributed by atoms with Crippen molar-refractivity contribution in [3.63, 3.8) is 0 Å². The topological polar surface area (TPSA) is 46.5 Å². The van der Waals surface area contributed by atoms with Crippen LogP contribution in [0.15, 0.2) is 40.9 Å². The Kier molecular flexibility index (Phi) is 4.45. The molecule has 0 bridgehead atoms. The molecule has 20 heavy (non-hydrogen) atoms. The van der Waals surface area contributed by atoms with E-state index in [0.717, 1.165) is 21.3 Å². The zero-order valence-corrected chi connectivity index (χ0v) is 12.9. The van der Waals surface area contributed by atoms with Gasteiger partial charge >= 0.3 is 5.97 Å². The third kappa shape index (κ3) is 3.20. The first-order valence-electron chi connectivity index (χ1n) is 6.20. The summed E-state index contributed by atoms with van der Waals surface area (Å²) in [5.74, 6) is -0.137. The first-order valence-corrected chi connectivity index (χ1v) is 6.99. The average Bonchev–Trinajstić information content (AvgIpc) is 2.37. The molecule has 0 aliphatic heterocycles. The van der Waals surface area contributed by atoms with E-state index in [-0.39, 0.29) is 12.2 Å². The largest absolute Gasteiger partial charge is 0.488 e. The van der Waals surface area contributed by atoms with Gasteiger partial charge in [-0.2, -0.15) is 0 Å². The van der Waals surface area contributed by atoms with Crippen molar-refractivity contribution < 1.29 is 14.6 Å². The molecule has 104 valence electrons. The molecule has 0 radical (unpaired) electrons. The van der Waals surface area contributed by atoms with Gasteiger partial charge in [-0.1, -0.05) is 34.1 Å². The summed E-state index contributed by atoms with van der Waals surface area (Å²) < 4.78 is 6.82. The summed E-state index contributed by atoms with van der Waals surface area (Å²) in [4.78, 5) is 11.1. The normalized spacial score (nSPS) is 10.3. The highest BCUT2D eigenvalue weighted by molar-refractivity contribution is 9.10. The Balaban J connectivity index is 2.24. The fraction of sp³-hybridized carbons (Fsp3) is 0.188. The average molecular weight is 335 g/mol. The lowest BCUT2D eigenvalue weighted by molar-refractivity contribution is 0.0694. The summed E-state index contributed by atoms with van der Waals surface area (Å²) in [6, 6.07) is 10.8. The number of carboxylic acids is 1. The minimum atomic E-state index is -0.937. The molecule has 3 nitrogen and oxygen atoms in total. The molecule has 0 aliphatic carbocycles. The molecule has 0 atom stereocenters. The standard InChI is InChI=1S/C16H15BrO3/c1-10-7-13(17)8-11(2)15(10)20-9-12-5-3-4-6-14(12)16(18)19/h3-8H,9H2,1-2H3,(H,18,19). The Hall–Kier alpha value is -1.81. The SMILES string of the molecule is Cc1cc(Br)cc(C)c1OCc1ccccc1C(=O)O. The third-order valence-electron chi connectivity index (χ3n) is 3.04. The van der Waals surface area contributed by atoms with E-state index in [1.54, 1.807) is 18.2 Å². The van der Waals surface area contributed by atoms with Gasteiger partial charge in [0, 0.05) is 10.0 Å². The summed E-state index contributed by atoms with van der Waals surface area (Å²) in [7, 11) is 0. The van der Waals surface area contributed by atoms with Crippen LogP contribution in [0, 0.1) is 13.8 Å². The van der Waals surface area contributed by atoms with Crippen LogP contribution < -0.4 is 4.74 Å². The van der Waals surface area contributed by atoms with Crippen LogP contribution in [0.5, 0.6) is 5.75 Å². The lowest BCUT2D eigenvalue weighted by Crippen LogP contribution is -2.06. The molecule has 0 spiro atoms. The number of hydrogen-bond donors (Lipinski definition) is 1. The van der Waals surface area contributed by atoms with Gasteiger partial charge in [-0.3, -0.25) is 0 Å². The Bertz CT molecular complexity index is 627. The molecule has 4 heteroatoms. The number of carbonyl (C=O) groups is 1. The van der Waals surface area contributed by atoms with Crippen LogP contribution in [-0.2, 0) is 6.61 Å². The molecule has 0 aromatic heterocycles. The van der Waals surface area contributed by atoms with Crippen molar-refractivity contribution in [2.75, 3.05) is 0 Å². The van der Waals surface area contributed by atoms with Crippen molar-refractivity contribution in [1.82, 2.24) is 0 Å². The van der Waals surface area contributed by atoms with E-state index in [0.29, 0.717) is 5.56 Å². The number of benzene rings is 2. The van der Waals surface area contributed by atoms with E-state index in [2.05, 4.69) is 15.9 Å². The second-order valence-electron chi connectivity index (χ2n) is 4.62. The molecular formula is C16H15BrO3. The molecule has 0 aliphatic rings. The van der Waals surface area contributed by atoms with Crippen LogP contribution in [0.3, 0.4) is 0 Å². The number of rotatable bonds is 4. The maximum absolute atomic E-state index is 11.1. The Morgan fingerprint density at radius 1 is 1.20 bits per heavy atom. The first-order chi connectivity index (χ1) is 9.49. The molecule has 0 fully saturated rings. The van der Waals surface area contributed by atoms with Gasteiger partial charge in [-0.25, -0.2) is 4.79 Å². The van der Waals surface area contributed by atoms with Gasteiger partial charge in [-0.05, 0) is 43.2 Å². The molecule has 0 heterocycles. The smallest absolute Gasteiger partial charge is 0.336 e. The molecule has 2 rings (SSSR count). The van der Waals surface area contributed by atoms with Crippen LogP contribution in [0.2, 0.25) is 0 Å². The van der Waals surface area contributed by atoms with Crippen molar-refractivity contribution in [3.8, 4) is 5.75 Å². The number of aromatic carboxylic acids is 1. The van der Waals surface area contributed by atoms with E-state index in [1.807, 2.05) is 32.0 Å². The van der Waals surface area contributed by atoms with E-state index < -0.39 is 5.97 Å². The molecule has 1 N–H and O–H groups in total. The fourth-order valence-electron chi connectivity index (χ4n) is 2.13. The first kappa shape index (κ1) is 14.6. The van der Waals surface area contributed by atoms with E-state index >= 15 is 0 Å². The van der Waals surface area contributed by atoms with Gasteiger partial charge in [0.2, 0.25) is 0 Å². The van der Waals surface area contributed by atoms with Gasteiger partial charge in [0.15, 0.2) is 0 Å². The van der Waals surface area contributed by atoms with Crippen molar-refractivity contribution in [2.24, 2.45) is 0 Å². The van der Waals surface area contributed by atoms with Crippen LogP contribution >= 0.6 is 15.9 Å². The monoisotopic (exact) mass is 334 g/mol. The lowest BCUT2D eigenvalue weighted by atomic mass is 10.1. The number of ether oxygens (including phenoxy) is 1. The van der Waals surface area contributed by atoms with Gasteiger partial charge in [0.25, 0.3) is 0 Å². The highest BCUT2D eigenvalue weighted by Gasteiger charge is 2.11. The van der Waals surface area contributed by atoms with Crippen LogP contribution in [0.25, 0.3) is 0 Å². The van der Waals surface area contributed by atoms with Gasteiger partial charge < -0.3 is 9.84 Å². The van der Waals surface area contributed by atoms with Crippen LogP contribution in [0.4, 0.5) is 0 Å². The van der Waals surface area contributed by atoms with E-state index in [1.165, 1.54) is 0 Å². The number of halogens is 1. The van der Waals surface area contributed by atoms with Gasteiger partial charge in [-0.15, -0.1) is 0 Å². The fourth-order valence-corrected chi connectivity index (χ4v) is 2.82.